The van der Waals surface area contributed by atoms with Gasteiger partial charge in [0.05, 0.1) is 12.8 Å². The molecule has 2 rings (SSSR count). The van der Waals surface area contributed by atoms with E-state index in [-0.39, 0.29) is 0 Å². The van der Waals surface area contributed by atoms with Crippen LogP contribution < -0.4 is 10.1 Å². The summed E-state index contributed by atoms with van der Waals surface area (Å²) in [6.07, 6.45) is 5.49. The zero-order valence-electron chi connectivity index (χ0n) is 9.77. The highest BCUT2D eigenvalue weighted by Crippen LogP contribution is 2.18. The highest BCUT2D eigenvalue weighted by atomic mass is 16.5. The van der Waals surface area contributed by atoms with Gasteiger partial charge >= 0.3 is 0 Å². The number of ether oxygens (including phenoxy) is 1. The molecule has 2 aromatic heterocycles. The SMILES string of the molecule is CNc1cn2ccnc2c(OCC(C)C)n1. The molecule has 0 saturated carbocycles. The van der Waals surface area contributed by atoms with E-state index in [1.54, 1.807) is 6.20 Å². The van der Waals surface area contributed by atoms with Gasteiger partial charge < -0.3 is 10.1 Å². The summed E-state index contributed by atoms with van der Waals surface area (Å²) in [6.45, 7) is 4.85. The molecular weight excluding hydrogens is 204 g/mol. The fourth-order valence-electron chi connectivity index (χ4n) is 1.37. The topological polar surface area (TPSA) is 51.5 Å². The molecular formula is C11H16N4O. The van der Waals surface area contributed by atoms with E-state index in [0.29, 0.717) is 18.4 Å². The normalized spacial score (nSPS) is 11.0. The van der Waals surface area contributed by atoms with E-state index < -0.39 is 0 Å². The summed E-state index contributed by atoms with van der Waals surface area (Å²) in [4.78, 5) is 8.57. The van der Waals surface area contributed by atoms with Crippen LogP contribution in [0.15, 0.2) is 18.6 Å². The van der Waals surface area contributed by atoms with E-state index in [2.05, 4.69) is 29.1 Å². The molecule has 1 N–H and O–H groups in total. The van der Waals surface area contributed by atoms with Crippen LogP contribution in [0.25, 0.3) is 5.65 Å². The lowest BCUT2D eigenvalue weighted by molar-refractivity contribution is 0.263. The van der Waals surface area contributed by atoms with Crippen molar-refractivity contribution in [1.29, 1.82) is 0 Å². The molecule has 0 aromatic carbocycles. The molecule has 5 heteroatoms. The van der Waals surface area contributed by atoms with Crippen LogP contribution in [-0.4, -0.2) is 28.0 Å². The van der Waals surface area contributed by atoms with Gasteiger partial charge in [0, 0.05) is 19.4 Å². The monoisotopic (exact) mass is 220 g/mol. The first-order chi connectivity index (χ1) is 7.70. The highest BCUT2D eigenvalue weighted by molar-refractivity contribution is 5.53. The van der Waals surface area contributed by atoms with Crippen LogP contribution >= 0.6 is 0 Å². The molecule has 5 nitrogen and oxygen atoms in total. The van der Waals surface area contributed by atoms with Crippen LogP contribution in [-0.2, 0) is 0 Å². The predicted molar refractivity (Wildman–Crippen MR) is 62.9 cm³/mol. The van der Waals surface area contributed by atoms with Gasteiger partial charge in [-0.15, -0.1) is 0 Å². The van der Waals surface area contributed by atoms with E-state index in [1.807, 2.05) is 23.8 Å². The lowest BCUT2D eigenvalue weighted by atomic mass is 10.2. The van der Waals surface area contributed by atoms with Crippen LogP contribution in [0.3, 0.4) is 0 Å². The summed E-state index contributed by atoms with van der Waals surface area (Å²) < 4.78 is 7.54. The summed E-state index contributed by atoms with van der Waals surface area (Å²) in [6, 6.07) is 0. The summed E-state index contributed by atoms with van der Waals surface area (Å²) in [5.41, 5.74) is 0.750. The number of imidazole rings is 1. The molecule has 0 saturated heterocycles. The van der Waals surface area contributed by atoms with Gasteiger partial charge in [-0.25, -0.2) is 4.98 Å². The largest absolute Gasteiger partial charge is 0.475 e. The van der Waals surface area contributed by atoms with Crippen molar-refractivity contribution >= 4 is 11.5 Å². The van der Waals surface area contributed by atoms with Crippen molar-refractivity contribution in [1.82, 2.24) is 14.4 Å². The number of aromatic nitrogens is 3. The Morgan fingerprint density at radius 1 is 1.50 bits per heavy atom. The molecule has 0 aliphatic carbocycles. The molecule has 2 aromatic rings. The van der Waals surface area contributed by atoms with Gasteiger partial charge in [0.15, 0.2) is 0 Å². The van der Waals surface area contributed by atoms with Crippen molar-refractivity contribution in [3.63, 3.8) is 0 Å². The number of hydrogen-bond donors (Lipinski definition) is 1. The van der Waals surface area contributed by atoms with Crippen molar-refractivity contribution in [2.75, 3.05) is 19.0 Å². The third-order valence-corrected chi connectivity index (χ3v) is 2.15. The van der Waals surface area contributed by atoms with Crippen molar-refractivity contribution in [2.45, 2.75) is 13.8 Å². The number of rotatable bonds is 4. The fourth-order valence-corrected chi connectivity index (χ4v) is 1.37. The molecule has 0 bridgehead atoms. The Bertz CT molecular complexity index is 478. The van der Waals surface area contributed by atoms with Gasteiger partial charge in [-0.1, -0.05) is 13.8 Å². The third kappa shape index (κ3) is 2.08. The Kier molecular flexibility index (Phi) is 2.94. The summed E-state index contributed by atoms with van der Waals surface area (Å²) in [7, 11) is 1.83. The molecule has 0 unspecified atom stereocenters. The zero-order chi connectivity index (χ0) is 11.5. The smallest absolute Gasteiger partial charge is 0.260 e. The molecule has 0 aliphatic heterocycles. The fraction of sp³-hybridized carbons (Fsp3) is 0.455. The highest BCUT2D eigenvalue weighted by Gasteiger charge is 2.08. The molecule has 16 heavy (non-hydrogen) atoms. The van der Waals surface area contributed by atoms with Gasteiger partial charge in [0.1, 0.15) is 5.82 Å². The Labute approximate surface area is 94.5 Å². The Hall–Kier alpha value is -1.78. The first-order valence-corrected chi connectivity index (χ1v) is 5.35. The van der Waals surface area contributed by atoms with E-state index in [0.717, 1.165) is 11.5 Å². The van der Waals surface area contributed by atoms with Crippen LogP contribution in [0.4, 0.5) is 5.82 Å². The third-order valence-electron chi connectivity index (χ3n) is 2.15. The summed E-state index contributed by atoms with van der Waals surface area (Å²) >= 11 is 0. The predicted octanol–water partition coefficient (Wildman–Crippen LogP) is 1.81. The lowest BCUT2D eigenvalue weighted by Gasteiger charge is -2.10. The average Bonchev–Trinajstić information content (AvgIpc) is 2.73. The standard InChI is InChI=1S/C11H16N4O/c1-8(2)7-16-11-10-13-4-5-15(10)6-9(12-3)14-11/h4-6,8,12H,7H2,1-3H3. The average molecular weight is 220 g/mol. The van der Waals surface area contributed by atoms with Crippen LogP contribution in [0.5, 0.6) is 5.88 Å². The van der Waals surface area contributed by atoms with Crippen molar-refractivity contribution in [3.05, 3.63) is 18.6 Å². The van der Waals surface area contributed by atoms with Gasteiger partial charge in [0.2, 0.25) is 5.65 Å². The maximum Gasteiger partial charge on any atom is 0.260 e. The molecule has 0 spiro atoms. The first-order valence-electron chi connectivity index (χ1n) is 5.35. The van der Waals surface area contributed by atoms with Gasteiger partial charge in [0.25, 0.3) is 5.88 Å². The van der Waals surface area contributed by atoms with Crippen LogP contribution in [0.2, 0.25) is 0 Å². The van der Waals surface area contributed by atoms with Gasteiger partial charge in [-0.3, -0.25) is 4.40 Å². The second-order valence-electron chi connectivity index (χ2n) is 4.04. The van der Waals surface area contributed by atoms with E-state index in [9.17, 15) is 0 Å². The maximum absolute atomic E-state index is 5.65. The molecule has 0 amide bonds. The number of anilines is 1. The zero-order valence-corrected chi connectivity index (χ0v) is 9.77. The van der Waals surface area contributed by atoms with E-state index >= 15 is 0 Å². The molecule has 0 atom stereocenters. The van der Waals surface area contributed by atoms with Gasteiger partial charge in [-0.05, 0) is 5.92 Å². The minimum absolute atomic E-state index is 0.468. The Morgan fingerprint density at radius 2 is 2.31 bits per heavy atom. The molecule has 0 aliphatic rings. The summed E-state index contributed by atoms with van der Waals surface area (Å²) in [5.74, 6) is 1.81. The molecule has 0 radical (unpaired) electrons. The number of nitrogens with one attached hydrogen (secondary N) is 1. The van der Waals surface area contributed by atoms with E-state index in [4.69, 9.17) is 4.74 Å². The second-order valence-corrected chi connectivity index (χ2v) is 4.04. The number of nitrogens with zero attached hydrogens (tertiary/aromatic N) is 3. The van der Waals surface area contributed by atoms with Crippen molar-refractivity contribution in [3.8, 4) is 5.88 Å². The number of hydrogen-bond acceptors (Lipinski definition) is 4. The quantitative estimate of drug-likeness (QED) is 0.853. The minimum Gasteiger partial charge on any atom is -0.475 e. The summed E-state index contributed by atoms with van der Waals surface area (Å²) in [5, 5.41) is 3.00. The number of fused-ring (bicyclic) bond motifs is 1. The lowest BCUT2D eigenvalue weighted by Crippen LogP contribution is -2.08. The maximum atomic E-state index is 5.65. The Morgan fingerprint density at radius 3 is 3.00 bits per heavy atom. The van der Waals surface area contributed by atoms with Crippen LogP contribution in [0.1, 0.15) is 13.8 Å². The Balaban J connectivity index is 2.36. The second kappa shape index (κ2) is 4.38. The van der Waals surface area contributed by atoms with Crippen molar-refractivity contribution in [2.24, 2.45) is 5.92 Å². The molecule has 86 valence electrons. The van der Waals surface area contributed by atoms with Crippen LogP contribution in [0, 0.1) is 5.92 Å². The van der Waals surface area contributed by atoms with Crippen molar-refractivity contribution < 1.29 is 4.74 Å². The minimum atomic E-state index is 0.468. The molecule has 2 heterocycles. The van der Waals surface area contributed by atoms with E-state index in [1.165, 1.54) is 0 Å². The molecule has 0 fully saturated rings. The first kappa shape index (κ1) is 10.7. The van der Waals surface area contributed by atoms with Gasteiger partial charge in [-0.2, -0.15) is 4.98 Å².